The number of nitro benzene ring substituents is 1. The number of carbonyl (C=O) groups excluding carboxylic acids is 1. The lowest BCUT2D eigenvalue weighted by Gasteiger charge is -2.33. The number of carbonyl (C=O) groups is 1. The van der Waals surface area contributed by atoms with Gasteiger partial charge in [-0.1, -0.05) is 41.6 Å². The van der Waals surface area contributed by atoms with Gasteiger partial charge in [-0.15, -0.1) is 0 Å². The Morgan fingerprint density at radius 3 is 2.55 bits per heavy atom. The van der Waals surface area contributed by atoms with Gasteiger partial charge in [0.25, 0.3) is 5.69 Å². The van der Waals surface area contributed by atoms with Crippen molar-refractivity contribution in [1.29, 1.82) is 0 Å². The van der Waals surface area contributed by atoms with Crippen LogP contribution in [0.2, 0.25) is 5.02 Å². The Bertz CT molecular complexity index is 1300. The molecule has 0 bridgehead atoms. The summed E-state index contributed by atoms with van der Waals surface area (Å²) < 4.78 is 6.06. The molecule has 0 spiro atoms. The average molecular weight is 482 g/mol. The second kappa shape index (κ2) is 9.25. The van der Waals surface area contributed by atoms with E-state index in [-0.39, 0.29) is 11.5 Å². The Labute approximate surface area is 199 Å². The summed E-state index contributed by atoms with van der Waals surface area (Å²) in [6.45, 7) is 3.40. The SMILES string of the molecule is CSC1=N[C@H](c2ccc(-c3cc([N+](=O)[O-])ccc3Cl)o2)C(C(C)=O)=C(C)N1c1ccccc1. The fourth-order valence-electron chi connectivity index (χ4n) is 3.83. The van der Waals surface area contributed by atoms with Crippen molar-refractivity contribution in [3.63, 3.8) is 0 Å². The minimum Gasteiger partial charge on any atom is -0.458 e. The van der Waals surface area contributed by atoms with Crippen LogP contribution in [0.5, 0.6) is 0 Å². The van der Waals surface area contributed by atoms with Crippen molar-refractivity contribution in [3.05, 3.63) is 92.8 Å². The number of furan rings is 1. The van der Waals surface area contributed by atoms with E-state index in [2.05, 4.69) is 0 Å². The average Bonchev–Trinajstić information content (AvgIpc) is 3.28. The maximum absolute atomic E-state index is 12.7. The summed E-state index contributed by atoms with van der Waals surface area (Å²) in [5, 5.41) is 12.2. The molecule has 4 rings (SSSR count). The van der Waals surface area contributed by atoms with Crippen LogP contribution < -0.4 is 4.90 Å². The first kappa shape index (κ1) is 22.8. The van der Waals surface area contributed by atoms with Gasteiger partial charge in [-0.25, -0.2) is 4.99 Å². The van der Waals surface area contributed by atoms with Crippen LogP contribution in [0.3, 0.4) is 0 Å². The van der Waals surface area contributed by atoms with Gasteiger partial charge in [0, 0.05) is 34.7 Å². The van der Waals surface area contributed by atoms with E-state index in [1.54, 1.807) is 12.1 Å². The zero-order valence-corrected chi connectivity index (χ0v) is 19.7. The summed E-state index contributed by atoms with van der Waals surface area (Å²) in [6.07, 6.45) is 1.92. The standard InChI is InChI=1S/C24H20ClN3O4S/c1-14-22(15(2)29)23(26-24(33-3)27(14)16-7-5-4-6-8-16)21-12-11-20(32-21)18-13-17(28(30)31)9-10-19(18)25/h4-13,23H,1-3H3/t23-/m1/s1. The van der Waals surface area contributed by atoms with E-state index in [4.69, 9.17) is 21.0 Å². The van der Waals surface area contributed by atoms with Crippen LogP contribution >= 0.6 is 23.4 Å². The zero-order valence-electron chi connectivity index (χ0n) is 18.1. The van der Waals surface area contributed by atoms with E-state index < -0.39 is 11.0 Å². The topological polar surface area (TPSA) is 89.0 Å². The maximum Gasteiger partial charge on any atom is 0.270 e. The molecular formula is C24H20ClN3O4S. The van der Waals surface area contributed by atoms with Crippen LogP contribution in [0.25, 0.3) is 11.3 Å². The summed E-state index contributed by atoms with van der Waals surface area (Å²) in [5.41, 5.74) is 2.50. The third-order valence-corrected chi connectivity index (χ3v) is 6.31. The first-order valence-corrected chi connectivity index (χ1v) is 11.6. The number of amidine groups is 1. The van der Waals surface area contributed by atoms with E-state index in [0.29, 0.717) is 27.7 Å². The number of thioether (sulfide) groups is 1. The number of Topliss-reactive ketones (excluding diaryl/α,β-unsaturated/α-hetero) is 1. The van der Waals surface area contributed by atoms with Gasteiger partial charge >= 0.3 is 0 Å². The first-order valence-electron chi connectivity index (χ1n) is 10.0. The van der Waals surface area contributed by atoms with Crippen LogP contribution in [0, 0.1) is 10.1 Å². The molecule has 33 heavy (non-hydrogen) atoms. The number of para-hydroxylation sites is 1. The predicted octanol–water partition coefficient (Wildman–Crippen LogP) is 6.65. The number of hydrogen-bond donors (Lipinski definition) is 0. The lowest BCUT2D eigenvalue weighted by molar-refractivity contribution is -0.384. The van der Waals surface area contributed by atoms with Crippen LogP contribution in [-0.2, 0) is 4.79 Å². The van der Waals surface area contributed by atoms with Gasteiger partial charge in [-0.3, -0.25) is 19.8 Å². The van der Waals surface area contributed by atoms with Crippen LogP contribution in [0.4, 0.5) is 11.4 Å². The van der Waals surface area contributed by atoms with Gasteiger partial charge in [0.15, 0.2) is 11.0 Å². The smallest absolute Gasteiger partial charge is 0.270 e. The molecule has 0 aliphatic carbocycles. The molecule has 2 heterocycles. The van der Waals surface area contributed by atoms with Crippen molar-refractivity contribution >= 4 is 45.7 Å². The summed E-state index contributed by atoms with van der Waals surface area (Å²) in [6, 6.07) is 16.7. The quantitative estimate of drug-likeness (QED) is 0.299. The van der Waals surface area contributed by atoms with Crippen LogP contribution in [0.1, 0.15) is 25.6 Å². The van der Waals surface area contributed by atoms with E-state index in [9.17, 15) is 14.9 Å². The van der Waals surface area contributed by atoms with E-state index in [1.807, 2.05) is 48.4 Å². The third-order valence-electron chi connectivity index (χ3n) is 5.33. The molecule has 0 N–H and O–H groups in total. The first-order chi connectivity index (χ1) is 15.8. The Balaban J connectivity index is 1.80. The molecule has 1 aliphatic rings. The maximum atomic E-state index is 12.7. The molecule has 9 heteroatoms. The number of rotatable bonds is 5. The number of hydrogen-bond acceptors (Lipinski definition) is 7. The van der Waals surface area contributed by atoms with Crippen LogP contribution in [-0.4, -0.2) is 22.1 Å². The Morgan fingerprint density at radius 2 is 1.91 bits per heavy atom. The normalized spacial score (nSPS) is 16.1. The number of non-ortho nitro benzene ring substituents is 1. The molecule has 1 atom stereocenters. The minimum atomic E-state index is -0.642. The molecule has 0 unspecified atom stereocenters. The molecule has 0 fully saturated rings. The molecule has 3 aromatic rings. The number of allylic oxidation sites excluding steroid dienone is 1. The van der Waals surface area contributed by atoms with Gasteiger partial charge < -0.3 is 4.42 Å². The van der Waals surface area contributed by atoms with Gasteiger partial charge in [0.1, 0.15) is 17.6 Å². The molecular weight excluding hydrogens is 462 g/mol. The predicted molar refractivity (Wildman–Crippen MR) is 132 cm³/mol. The Morgan fingerprint density at radius 1 is 1.18 bits per heavy atom. The molecule has 168 valence electrons. The number of ketones is 1. The van der Waals surface area contributed by atoms with Crippen molar-refractivity contribution in [2.45, 2.75) is 19.9 Å². The summed E-state index contributed by atoms with van der Waals surface area (Å²) in [5.74, 6) is 0.704. The van der Waals surface area contributed by atoms with Gasteiger partial charge in [0.2, 0.25) is 0 Å². The highest BCUT2D eigenvalue weighted by Crippen LogP contribution is 2.41. The van der Waals surface area contributed by atoms with Crippen molar-refractivity contribution in [2.24, 2.45) is 4.99 Å². The Kier molecular flexibility index (Phi) is 6.40. The van der Waals surface area contributed by atoms with Gasteiger partial charge in [0.05, 0.1) is 9.95 Å². The molecule has 0 saturated heterocycles. The lowest BCUT2D eigenvalue weighted by atomic mass is 9.97. The largest absolute Gasteiger partial charge is 0.458 e. The van der Waals surface area contributed by atoms with Crippen molar-refractivity contribution in [3.8, 4) is 11.3 Å². The summed E-state index contributed by atoms with van der Waals surface area (Å²) in [4.78, 5) is 30.2. The lowest BCUT2D eigenvalue weighted by Crippen LogP contribution is -2.34. The monoisotopic (exact) mass is 481 g/mol. The summed E-state index contributed by atoms with van der Waals surface area (Å²) in [7, 11) is 0. The van der Waals surface area contributed by atoms with E-state index in [0.717, 1.165) is 16.6 Å². The molecule has 0 radical (unpaired) electrons. The van der Waals surface area contributed by atoms with Gasteiger partial charge in [-0.2, -0.15) is 0 Å². The van der Waals surface area contributed by atoms with E-state index >= 15 is 0 Å². The molecule has 1 aromatic heterocycles. The van der Waals surface area contributed by atoms with Gasteiger partial charge in [-0.05, 0) is 50.4 Å². The van der Waals surface area contributed by atoms with Crippen molar-refractivity contribution < 1.29 is 14.1 Å². The highest BCUT2D eigenvalue weighted by molar-refractivity contribution is 8.13. The molecule has 0 amide bonds. The van der Waals surface area contributed by atoms with Crippen molar-refractivity contribution in [1.82, 2.24) is 0 Å². The second-order valence-corrected chi connectivity index (χ2v) is 8.55. The number of nitro groups is 1. The fourth-order valence-corrected chi connectivity index (χ4v) is 4.68. The number of aliphatic imine (C=N–C) groups is 1. The number of anilines is 1. The number of nitrogens with zero attached hydrogens (tertiary/aromatic N) is 3. The molecule has 0 saturated carbocycles. The second-order valence-electron chi connectivity index (χ2n) is 7.37. The highest BCUT2D eigenvalue weighted by Gasteiger charge is 2.34. The highest BCUT2D eigenvalue weighted by atomic mass is 35.5. The number of benzene rings is 2. The molecule has 7 nitrogen and oxygen atoms in total. The fraction of sp³-hybridized carbons (Fsp3) is 0.167. The molecule has 1 aliphatic heterocycles. The molecule has 2 aromatic carbocycles. The zero-order chi connectivity index (χ0) is 23.7. The summed E-state index contributed by atoms with van der Waals surface area (Å²) >= 11 is 7.75. The minimum absolute atomic E-state index is 0.0913. The van der Waals surface area contributed by atoms with Crippen LogP contribution in [0.15, 0.2) is 81.3 Å². The van der Waals surface area contributed by atoms with Crippen molar-refractivity contribution in [2.75, 3.05) is 11.2 Å². The number of halogens is 1. The van der Waals surface area contributed by atoms with E-state index in [1.165, 1.54) is 36.9 Å². The Hall–Kier alpha value is -3.36. The third kappa shape index (κ3) is 4.31.